The van der Waals surface area contributed by atoms with E-state index in [1.165, 1.54) is 19.8 Å². The van der Waals surface area contributed by atoms with Crippen molar-refractivity contribution >= 4 is 5.97 Å². The number of esters is 1. The van der Waals surface area contributed by atoms with Gasteiger partial charge in [-0.2, -0.15) is 0 Å². The van der Waals surface area contributed by atoms with Crippen molar-refractivity contribution in [1.82, 2.24) is 0 Å². The molecule has 0 saturated heterocycles. The first-order chi connectivity index (χ1) is 11.7. The molecule has 0 aromatic heterocycles. The minimum atomic E-state index is -0.218. The molecule has 24 heavy (non-hydrogen) atoms. The van der Waals surface area contributed by atoms with Crippen LogP contribution in [0.25, 0.3) is 0 Å². The van der Waals surface area contributed by atoms with Gasteiger partial charge in [-0.25, -0.2) is 0 Å². The summed E-state index contributed by atoms with van der Waals surface area (Å²) in [6, 6.07) is 0. The standard InChI is InChI=1S/C21H35O3/c1-3-4-5-6-7-8-9-10-11-12-13-14-15-16-17-18-21(23)24-19-20(2)22/h4-5,7-8,10-11,22H,3,6,9,12-19H2,1-2H3/b5-4-,8-7-,11-10-. The van der Waals surface area contributed by atoms with Gasteiger partial charge in [-0.15, -0.1) is 0 Å². The summed E-state index contributed by atoms with van der Waals surface area (Å²) in [6.45, 7) is 3.70. The smallest absolute Gasteiger partial charge is 0.305 e. The molecule has 0 amide bonds. The van der Waals surface area contributed by atoms with Gasteiger partial charge in [-0.1, -0.05) is 62.6 Å². The molecule has 0 bridgehead atoms. The van der Waals surface area contributed by atoms with Crippen LogP contribution >= 0.6 is 0 Å². The molecule has 0 fully saturated rings. The minimum Gasteiger partial charge on any atom is -0.462 e. The monoisotopic (exact) mass is 335 g/mol. The highest BCUT2D eigenvalue weighted by Crippen LogP contribution is 2.09. The van der Waals surface area contributed by atoms with Crippen LogP contribution in [-0.2, 0) is 9.53 Å². The number of hydrogen-bond acceptors (Lipinski definition) is 3. The highest BCUT2D eigenvalue weighted by Gasteiger charge is 2.04. The fraction of sp³-hybridized carbons (Fsp3) is 0.619. The van der Waals surface area contributed by atoms with Crippen LogP contribution in [-0.4, -0.2) is 17.7 Å². The van der Waals surface area contributed by atoms with Crippen molar-refractivity contribution in [2.75, 3.05) is 6.61 Å². The van der Waals surface area contributed by atoms with Gasteiger partial charge in [0.2, 0.25) is 0 Å². The number of hydrogen-bond donors (Lipinski definition) is 1. The normalized spacial score (nSPS) is 12.2. The fourth-order valence-corrected chi connectivity index (χ4v) is 2.15. The molecule has 1 radical (unpaired) electrons. The Hall–Kier alpha value is -1.35. The zero-order valence-corrected chi connectivity index (χ0v) is 15.5. The lowest BCUT2D eigenvalue weighted by Gasteiger charge is -2.05. The molecule has 0 aromatic rings. The molecule has 0 spiro atoms. The first-order valence-corrected chi connectivity index (χ1v) is 9.28. The van der Waals surface area contributed by atoms with Crippen LogP contribution in [0.3, 0.4) is 0 Å². The second kappa shape index (κ2) is 18.0. The van der Waals surface area contributed by atoms with Crippen LogP contribution in [0.4, 0.5) is 0 Å². The van der Waals surface area contributed by atoms with Crippen molar-refractivity contribution in [3.63, 3.8) is 0 Å². The lowest BCUT2D eigenvalue weighted by atomic mass is 10.1. The maximum absolute atomic E-state index is 11.3. The van der Waals surface area contributed by atoms with Crippen molar-refractivity contribution in [3.8, 4) is 0 Å². The predicted octanol–water partition coefficient (Wildman–Crippen LogP) is 6.04. The number of unbranched alkanes of at least 4 members (excludes halogenated alkanes) is 5. The predicted molar refractivity (Wildman–Crippen MR) is 101 cm³/mol. The van der Waals surface area contributed by atoms with Gasteiger partial charge >= 0.3 is 5.97 Å². The molecular weight excluding hydrogens is 300 g/mol. The molecule has 0 atom stereocenters. The molecule has 0 aliphatic rings. The van der Waals surface area contributed by atoms with Crippen LogP contribution < -0.4 is 0 Å². The number of ether oxygens (including phenoxy) is 1. The lowest BCUT2D eigenvalue weighted by Crippen LogP contribution is -2.09. The molecule has 3 heteroatoms. The third kappa shape index (κ3) is 18.7. The van der Waals surface area contributed by atoms with Crippen molar-refractivity contribution < 1.29 is 14.6 Å². The average Bonchev–Trinajstić information content (AvgIpc) is 2.56. The summed E-state index contributed by atoms with van der Waals surface area (Å²) in [7, 11) is 0. The van der Waals surface area contributed by atoms with Gasteiger partial charge < -0.3 is 9.84 Å². The van der Waals surface area contributed by atoms with Crippen LogP contribution in [0.5, 0.6) is 0 Å². The number of aliphatic hydroxyl groups excluding tert-OH is 1. The van der Waals surface area contributed by atoms with Crippen molar-refractivity contribution in [2.45, 2.75) is 78.1 Å². The molecule has 0 rings (SSSR count). The summed E-state index contributed by atoms with van der Waals surface area (Å²) >= 11 is 0. The van der Waals surface area contributed by atoms with E-state index in [4.69, 9.17) is 9.84 Å². The van der Waals surface area contributed by atoms with Gasteiger partial charge in [0.25, 0.3) is 0 Å². The van der Waals surface area contributed by atoms with Crippen molar-refractivity contribution in [1.29, 1.82) is 0 Å². The van der Waals surface area contributed by atoms with Gasteiger partial charge in [0.1, 0.15) is 12.7 Å². The Balaban J connectivity index is 3.31. The fourth-order valence-electron chi connectivity index (χ4n) is 2.15. The van der Waals surface area contributed by atoms with E-state index in [0.717, 1.165) is 44.9 Å². The molecule has 0 aliphatic heterocycles. The summed E-state index contributed by atoms with van der Waals surface area (Å²) < 4.78 is 4.88. The topological polar surface area (TPSA) is 46.5 Å². The molecule has 1 N–H and O–H groups in total. The first kappa shape index (κ1) is 22.6. The second-order valence-electron chi connectivity index (χ2n) is 6.00. The Morgan fingerprint density at radius 3 is 2.12 bits per heavy atom. The Kier molecular flexibility index (Phi) is 17.0. The van der Waals surface area contributed by atoms with Gasteiger partial charge in [0.15, 0.2) is 0 Å². The highest BCUT2D eigenvalue weighted by molar-refractivity contribution is 5.69. The van der Waals surface area contributed by atoms with E-state index in [9.17, 15) is 4.79 Å². The summed E-state index contributed by atoms with van der Waals surface area (Å²) in [6.07, 6.45) is 23.7. The molecule has 0 aliphatic carbocycles. The van der Waals surface area contributed by atoms with E-state index < -0.39 is 0 Å². The van der Waals surface area contributed by atoms with Crippen LogP contribution in [0.15, 0.2) is 36.5 Å². The lowest BCUT2D eigenvalue weighted by molar-refractivity contribution is -0.144. The minimum absolute atomic E-state index is 0.0236. The Morgan fingerprint density at radius 1 is 0.875 bits per heavy atom. The maximum atomic E-state index is 11.3. The van der Waals surface area contributed by atoms with E-state index in [-0.39, 0.29) is 18.7 Å². The Morgan fingerprint density at radius 2 is 1.46 bits per heavy atom. The molecule has 0 aromatic carbocycles. The van der Waals surface area contributed by atoms with Crippen molar-refractivity contribution in [2.24, 2.45) is 0 Å². The Bertz CT molecular complexity index is 367. The number of rotatable bonds is 15. The molecule has 0 saturated carbocycles. The first-order valence-electron chi connectivity index (χ1n) is 9.28. The second-order valence-corrected chi connectivity index (χ2v) is 6.00. The maximum Gasteiger partial charge on any atom is 0.305 e. The average molecular weight is 336 g/mol. The molecule has 0 unspecified atom stereocenters. The van der Waals surface area contributed by atoms with E-state index in [1.807, 2.05) is 0 Å². The van der Waals surface area contributed by atoms with Gasteiger partial charge in [-0.3, -0.25) is 4.79 Å². The van der Waals surface area contributed by atoms with E-state index in [1.54, 1.807) is 0 Å². The van der Waals surface area contributed by atoms with Gasteiger partial charge in [0, 0.05) is 6.42 Å². The van der Waals surface area contributed by atoms with Gasteiger partial charge in [-0.05, 0) is 45.4 Å². The quantitative estimate of drug-likeness (QED) is 0.225. The summed E-state index contributed by atoms with van der Waals surface area (Å²) in [5, 5.41) is 8.93. The number of carbonyl (C=O) groups excluding carboxylic acids is 1. The molecule has 137 valence electrons. The van der Waals surface area contributed by atoms with Crippen LogP contribution in [0.2, 0.25) is 0 Å². The van der Waals surface area contributed by atoms with E-state index in [2.05, 4.69) is 43.4 Å². The van der Waals surface area contributed by atoms with Crippen molar-refractivity contribution in [3.05, 3.63) is 42.6 Å². The summed E-state index contributed by atoms with van der Waals surface area (Å²) in [5.74, 6) is -0.218. The van der Waals surface area contributed by atoms with Crippen LogP contribution in [0, 0.1) is 6.10 Å². The zero-order valence-electron chi connectivity index (χ0n) is 15.5. The number of aliphatic hydroxyl groups is 1. The molecule has 3 nitrogen and oxygen atoms in total. The molecular formula is C21H35O3. The SMILES string of the molecule is CC/C=C\C/C=C\C/C=C\CCCCCCCC(=O)OC[C](C)O. The largest absolute Gasteiger partial charge is 0.462 e. The van der Waals surface area contributed by atoms with E-state index in [0.29, 0.717) is 6.42 Å². The number of allylic oxidation sites excluding steroid dienone is 6. The van der Waals surface area contributed by atoms with E-state index >= 15 is 0 Å². The van der Waals surface area contributed by atoms with Gasteiger partial charge in [0.05, 0.1) is 0 Å². The highest BCUT2D eigenvalue weighted by atomic mass is 16.5. The zero-order chi connectivity index (χ0) is 17.9. The summed E-state index contributed by atoms with van der Waals surface area (Å²) in [5.41, 5.74) is 0. The third-order valence-corrected chi connectivity index (χ3v) is 3.47. The third-order valence-electron chi connectivity index (χ3n) is 3.47. The van der Waals surface area contributed by atoms with Crippen LogP contribution in [0.1, 0.15) is 78.1 Å². The summed E-state index contributed by atoms with van der Waals surface area (Å²) in [4.78, 5) is 11.3. The number of carbonyl (C=O) groups is 1. The Labute approximate surface area is 148 Å². The molecule has 0 heterocycles.